The summed E-state index contributed by atoms with van der Waals surface area (Å²) < 4.78 is 7.60. The number of benzene rings is 1. The Morgan fingerprint density at radius 2 is 2.11 bits per heavy atom. The van der Waals surface area contributed by atoms with Gasteiger partial charge in [0, 0.05) is 11.9 Å². The molecule has 1 aliphatic rings. The predicted octanol–water partition coefficient (Wildman–Crippen LogP) is 6.09. The lowest BCUT2D eigenvalue weighted by Gasteiger charge is -2.36. The van der Waals surface area contributed by atoms with Crippen LogP contribution in [0.25, 0.3) is 11.4 Å². The minimum atomic E-state index is -0.153. The van der Waals surface area contributed by atoms with Gasteiger partial charge in [-0.3, -0.25) is 4.79 Å². The van der Waals surface area contributed by atoms with Crippen molar-refractivity contribution in [2.45, 2.75) is 58.5 Å². The van der Waals surface area contributed by atoms with E-state index in [4.69, 9.17) is 4.74 Å². The van der Waals surface area contributed by atoms with Crippen LogP contribution >= 0.6 is 23.1 Å². The molecular formula is C27H33N5O2S2. The molecule has 9 heteroatoms. The highest BCUT2D eigenvalue weighted by molar-refractivity contribution is 7.99. The summed E-state index contributed by atoms with van der Waals surface area (Å²) in [5.41, 5.74) is 2.89. The second-order valence-corrected chi connectivity index (χ2v) is 11.8. The number of nitrogens with one attached hydrogen (secondary N) is 1. The monoisotopic (exact) mass is 523 g/mol. The summed E-state index contributed by atoms with van der Waals surface area (Å²) in [5, 5.41) is 22.8. The number of ether oxygens (including phenoxy) is 1. The van der Waals surface area contributed by atoms with Gasteiger partial charge in [-0.15, -0.1) is 21.5 Å². The van der Waals surface area contributed by atoms with Crippen LogP contribution in [0.2, 0.25) is 0 Å². The van der Waals surface area contributed by atoms with E-state index in [9.17, 15) is 10.1 Å². The van der Waals surface area contributed by atoms with Crippen molar-refractivity contribution < 1.29 is 9.53 Å². The molecule has 0 bridgehead atoms. The lowest BCUT2D eigenvalue weighted by molar-refractivity contribution is -0.113. The van der Waals surface area contributed by atoms with E-state index in [2.05, 4.69) is 42.4 Å². The van der Waals surface area contributed by atoms with E-state index >= 15 is 0 Å². The van der Waals surface area contributed by atoms with Crippen molar-refractivity contribution in [1.82, 2.24) is 14.8 Å². The third kappa shape index (κ3) is 5.30. The van der Waals surface area contributed by atoms with E-state index in [1.165, 1.54) is 16.6 Å². The molecule has 0 saturated carbocycles. The number of carbonyl (C=O) groups is 1. The summed E-state index contributed by atoms with van der Waals surface area (Å²) in [7, 11) is 1.88. The SMILES string of the molecule is CCOc1ccccc1-c1nnc(SCC(=O)Nc2sc3c(c2C#N)CCC(C(C)(C)CC)C3)n1C. The number of rotatable bonds is 9. The predicted molar refractivity (Wildman–Crippen MR) is 146 cm³/mol. The molecule has 1 aliphatic carbocycles. The summed E-state index contributed by atoms with van der Waals surface area (Å²) in [6.07, 6.45) is 4.10. The molecule has 0 saturated heterocycles. The van der Waals surface area contributed by atoms with Gasteiger partial charge in [0.05, 0.1) is 23.5 Å². The summed E-state index contributed by atoms with van der Waals surface area (Å²) in [5.74, 6) is 2.05. The van der Waals surface area contributed by atoms with Crippen LogP contribution in [0.3, 0.4) is 0 Å². The molecule has 1 unspecified atom stereocenters. The lowest BCUT2D eigenvalue weighted by Crippen LogP contribution is -2.28. The Kier molecular flexibility index (Phi) is 8.06. The Labute approximate surface area is 221 Å². The molecule has 0 spiro atoms. The van der Waals surface area contributed by atoms with E-state index in [0.717, 1.165) is 42.6 Å². The van der Waals surface area contributed by atoms with Crippen LogP contribution < -0.4 is 10.1 Å². The first-order chi connectivity index (χ1) is 17.3. The first-order valence-electron chi connectivity index (χ1n) is 12.4. The standard InChI is InChI=1S/C27H33N5O2S2/c1-6-27(3,4)17-12-13-18-20(15-28)25(36-22(18)14-17)29-23(33)16-35-26-31-30-24(32(26)5)19-10-8-9-11-21(19)34-7-2/h8-11,17H,6-7,12-14,16H2,1-5H3,(H,29,33). The Balaban J connectivity index is 1.44. The number of nitrogens with zero attached hydrogens (tertiary/aromatic N) is 4. The highest BCUT2D eigenvalue weighted by atomic mass is 32.2. The first-order valence-corrected chi connectivity index (χ1v) is 14.2. The molecule has 7 nitrogen and oxygen atoms in total. The molecule has 1 aromatic carbocycles. The van der Waals surface area contributed by atoms with Gasteiger partial charge in [0.15, 0.2) is 11.0 Å². The molecule has 2 heterocycles. The van der Waals surface area contributed by atoms with Crippen LogP contribution in [-0.2, 0) is 24.7 Å². The van der Waals surface area contributed by atoms with Crippen LogP contribution in [-0.4, -0.2) is 33.0 Å². The zero-order valence-electron chi connectivity index (χ0n) is 21.6. The van der Waals surface area contributed by atoms with E-state index in [1.54, 1.807) is 11.3 Å². The fraction of sp³-hybridized carbons (Fsp3) is 0.481. The Morgan fingerprint density at radius 1 is 1.33 bits per heavy atom. The van der Waals surface area contributed by atoms with E-state index < -0.39 is 0 Å². The topological polar surface area (TPSA) is 92.8 Å². The van der Waals surface area contributed by atoms with Gasteiger partial charge in [0.2, 0.25) is 5.91 Å². The maximum absolute atomic E-state index is 12.9. The van der Waals surface area contributed by atoms with Gasteiger partial charge in [-0.05, 0) is 55.2 Å². The van der Waals surface area contributed by atoms with Gasteiger partial charge in [0.25, 0.3) is 0 Å². The van der Waals surface area contributed by atoms with Crippen molar-refractivity contribution in [3.05, 3.63) is 40.3 Å². The number of hydrogen-bond acceptors (Lipinski definition) is 7. The number of anilines is 1. The Bertz CT molecular complexity index is 1290. The van der Waals surface area contributed by atoms with Gasteiger partial charge in [-0.1, -0.05) is 51.1 Å². The van der Waals surface area contributed by atoms with E-state index in [0.29, 0.717) is 34.1 Å². The fourth-order valence-corrected chi connectivity index (χ4v) is 6.65. The third-order valence-corrected chi connectivity index (χ3v) is 9.43. The second kappa shape index (κ2) is 11.1. The molecule has 1 atom stereocenters. The number of thiophene rings is 1. The van der Waals surface area contributed by atoms with Crippen molar-refractivity contribution >= 4 is 34.0 Å². The molecule has 190 valence electrons. The summed E-state index contributed by atoms with van der Waals surface area (Å²) in [4.78, 5) is 14.1. The van der Waals surface area contributed by atoms with Crippen molar-refractivity contribution in [3.8, 4) is 23.2 Å². The number of amides is 1. The molecular weight excluding hydrogens is 490 g/mol. The molecule has 0 fully saturated rings. The van der Waals surface area contributed by atoms with Crippen LogP contribution in [0, 0.1) is 22.7 Å². The molecule has 1 N–H and O–H groups in total. The molecule has 0 radical (unpaired) electrons. The highest BCUT2D eigenvalue weighted by Gasteiger charge is 2.34. The smallest absolute Gasteiger partial charge is 0.235 e. The molecule has 0 aliphatic heterocycles. The van der Waals surface area contributed by atoms with E-state index in [1.807, 2.05) is 42.8 Å². The number of fused-ring (bicyclic) bond motifs is 1. The lowest BCUT2D eigenvalue weighted by atomic mass is 9.69. The third-order valence-electron chi connectivity index (χ3n) is 7.24. The summed E-state index contributed by atoms with van der Waals surface area (Å²) >= 11 is 2.89. The zero-order valence-corrected chi connectivity index (χ0v) is 23.2. The summed E-state index contributed by atoms with van der Waals surface area (Å²) in [6.45, 7) is 9.40. The average molecular weight is 524 g/mol. The minimum absolute atomic E-state index is 0.153. The molecule has 2 aromatic heterocycles. The maximum Gasteiger partial charge on any atom is 0.235 e. The molecule has 4 rings (SSSR count). The van der Waals surface area contributed by atoms with Crippen LogP contribution in [0.15, 0.2) is 29.4 Å². The second-order valence-electron chi connectivity index (χ2n) is 9.73. The van der Waals surface area contributed by atoms with Crippen LogP contribution in [0.4, 0.5) is 5.00 Å². The van der Waals surface area contributed by atoms with E-state index in [-0.39, 0.29) is 17.1 Å². The summed E-state index contributed by atoms with van der Waals surface area (Å²) in [6, 6.07) is 10.1. The Morgan fingerprint density at radius 3 is 2.83 bits per heavy atom. The number of thioether (sulfide) groups is 1. The quantitative estimate of drug-likeness (QED) is 0.341. The largest absolute Gasteiger partial charge is 0.493 e. The number of carbonyl (C=O) groups excluding carboxylic acids is 1. The van der Waals surface area contributed by atoms with Gasteiger partial charge in [-0.2, -0.15) is 5.26 Å². The molecule has 3 aromatic rings. The maximum atomic E-state index is 12.9. The number of hydrogen-bond donors (Lipinski definition) is 1. The van der Waals surface area contributed by atoms with Crippen molar-refractivity contribution in [1.29, 1.82) is 5.26 Å². The Hall–Kier alpha value is -2.83. The highest BCUT2D eigenvalue weighted by Crippen LogP contribution is 2.45. The minimum Gasteiger partial charge on any atom is -0.493 e. The van der Waals surface area contributed by atoms with Gasteiger partial charge < -0.3 is 14.6 Å². The van der Waals surface area contributed by atoms with Crippen LogP contribution in [0.1, 0.15) is 56.5 Å². The van der Waals surface area contributed by atoms with Crippen molar-refractivity contribution in [2.24, 2.45) is 18.4 Å². The van der Waals surface area contributed by atoms with Gasteiger partial charge in [0.1, 0.15) is 16.8 Å². The van der Waals surface area contributed by atoms with Crippen molar-refractivity contribution in [2.75, 3.05) is 17.7 Å². The van der Waals surface area contributed by atoms with Crippen LogP contribution in [0.5, 0.6) is 5.75 Å². The average Bonchev–Trinajstić information content (AvgIpc) is 3.41. The fourth-order valence-electron chi connectivity index (χ4n) is 4.65. The van der Waals surface area contributed by atoms with Gasteiger partial charge >= 0.3 is 0 Å². The number of aromatic nitrogens is 3. The van der Waals surface area contributed by atoms with Crippen molar-refractivity contribution in [3.63, 3.8) is 0 Å². The molecule has 1 amide bonds. The molecule has 36 heavy (non-hydrogen) atoms. The van der Waals surface area contributed by atoms with Gasteiger partial charge in [-0.25, -0.2) is 0 Å². The number of nitriles is 1. The number of para-hydroxylation sites is 1. The first kappa shape index (κ1) is 26.2. The zero-order chi connectivity index (χ0) is 25.9. The normalized spacial score (nSPS) is 15.3.